The summed E-state index contributed by atoms with van der Waals surface area (Å²) in [6.07, 6.45) is -2.65. The summed E-state index contributed by atoms with van der Waals surface area (Å²) in [6, 6.07) is 3.95. The number of nitrogens with one attached hydrogen (secondary N) is 1. The molecule has 1 fully saturated rings. The number of rotatable bonds is 6. The summed E-state index contributed by atoms with van der Waals surface area (Å²) >= 11 is 12.8. The highest BCUT2D eigenvalue weighted by Gasteiger charge is 2.36. The number of hydrogen-bond donors (Lipinski definition) is 2. The zero-order valence-electron chi connectivity index (χ0n) is 19.6. The Hall–Kier alpha value is -3.25. The lowest BCUT2D eigenvalue weighted by molar-refractivity contribution is -0.144. The summed E-state index contributed by atoms with van der Waals surface area (Å²) in [5, 5.41) is 7.33. The maximum absolute atomic E-state index is 13.3. The molecule has 0 bridgehead atoms. The summed E-state index contributed by atoms with van der Waals surface area (Å²) in [6.45, 7) is 1.62. The molecule has 9 nitrogen and oxygen atoms in total. The van der Waals surface area contributed by atoms with Gasteiger partial charge in [-0.15, -0.1) is 0 Å². The number of carbonyl (C=O) groups is 1. The highest BCUT2D eigenvalue weighted by atomic mass is 35.5. The number of nitrogens with zero attached hydrogens (tertiary/aromatic N) is 5. The Morgan fingerprint density at radius 2 is 1.97 bits per heavy atom. The Morgan fingerprint density at radius 3 is 2.68 bits per heavy atom. The first-order valence-corrected chi connectivity index (χ1v) is 12.2. The average molecular weight is 556 g/mol. The summed E-state index contributed by atoms with van der Waals surface area (Å²) < 4.78 is 46.7. The minimum Gasteiger partial charge on any atom is -0.491 e. The smallest absolute Gasteiger partial charge is 0.433 e. The Bertz CT molecular complexity index is 1380. The molecule has 0 saturated heterocycles. The van der Waals surface area contributed by atoms with Gasteiger partial charge in [0.05, 0.1) is 47.3 Å². The van der Waals surface area contributed by atoms with Crippen molar-refractivity contribution in [3.05, 3.63) is 50.9 Å². The van der Waals surface area contributed by atoms with Gasteiger partial charge in [-0.05, 0) is 38.0 Å². The van der Waals surface area contributed by atoms with Gasteiger partial charge in [-0.25, -0.2) is 14.8 Å². The molecule has 3 N–H and O–H groups in total. The normalized spacial score (nSPS) is 15.1. The van der Waals surface area contributed by atoms with Crippen LogP contribution in [0.25, 0.3) is 11.3 Å². The van der Waals surface area contributed by atoms with E-state index in [2.05, 4.69) is 20.4 Å². The fourth-order valence-corrected chi connectivity index (χ4v) is 4.76. The van der Waals surface area contributed by atoms with Crippen molar-refractivity contribution in [3.63, 3.8) is 0 Å². The molecular formula is C23H22Cl2F3N7O2. The number of fused-ring (bicyclic) bond motifs is 1. The Kier molecular flexibility index (Phi) is 6.57. The van der Waals surface area contributed by atoms with Crippen LogP contribution in [-0.4, -0.2) is 43.3 Å². The predicted octanol–water partition coefficient (Wildman–Crippen LogP) is 4.82. The third-order valence-electron chi connectivity index (χ3n) is 6.00. The molecule has 3 aromatic rings. The van der Waals surface area contributed by atoms with Gasteiger partial charge in [0, 0.05) is 16.6 Å². The molecule has 2 aromatic heterocycles. The molecule has 2 aliphatic rings. The number of aromatic nitrogens is 4. The number of nitrogens with two attached hydrogens (primary N) is 1. The van der Waals surface area contributed by atoms with Crippen LogP contribution in [0.4, 0.5) is 23.9 Å². The molecule has 0 unspecified atom stereocenters. The second-order valence-corrected chi connectivity index (χ2v) is 9.78. The molecule has 196 valence electrons. The van der Waals surface area contributed by atoms with Crippen LogP contribution < -0.4 is 15.8 Å². The van der Waals surface area contributed by atoms with Gasteiger partial charge in [0.1, 0.15) is 18.1 Å². The molecule has 0 radical (unpaired) electrons. The molecule has 0 spiro atoms. The second kappa shape index (κ2) is 9.56. The van der Waals surface area contributed by atoms with Gasteiger partial charge in [0.15, 0.2) is 0 Å². The first-order chi connectivity index (χ1) is 17.5. The molecule has 0 atom stereocenters. The SMILES string of the molecule is Cc1cc(C(F)(F)F)n(CCOc2cc(Cl)cc(Cl)c2-c2nc(N)nc3c2CN(C(=O)NC2CC2)C3)n1. The molecule has 37 heavy (non-hydrogen) atoms. The van der Waals surface area contributed by atoms with Gasteiger partial charge < -0.3 is 20.7 Å². The molecule has 3 heterocycles. The van der Waals surface area contributed by atoms with Crippen LogP contribution in [0.2, 0.25) is 10.0 Å². The Balaban J connectivity index is 1.43. The predicted molar refractivity (Wildman–Crippen MR) is 130 cm³/mol. The lowest BCUT2D eigenvalue weighted by Gasteiger charge is -2.17. The van der Waals surface area contributed by atoms with E-state index in [1.54, 1.807) is 4.90 Å². The van der Waals surface area contributed by atoms with E-state index in [0.29, 0.717) is 22.5 Å². The number of carbonyl (C=O) groups excluding carboxylic acids is 1. The van der Waals surface area contributed by atoms with Gasteiger partial charge in [-0.2, -0.15) is 18.3 Å². The average Bonchev–Trinajstić information content (AvgIpc) is 3.36. The number of hydrogen-bond acceptors (Lipinski definition) is 6. The van der Waals surface area contributed by atoms with Crippen molar-refractivity contribution in [2.75, 3.05) is 12.3 Å². The molecule has 1 aromatic carbocycles. The van der Waals surface area contributed by atoms with E-state index in [9.17, 15) is 18.0 Å². The third kappa shape index (κ3) is 5.40. The molecule has 1 saturated carbocycles. The summed E-state index contributed by atoms with van der Waals surface area (Å²) in [5.74, 6) is 0.188. The number of anilines is 1. The minimum absolute atomic E-state index is 0.0167. The number of benzene rings is 1. The van der Waals surface area contributed by atoms with E-state index in [1.807, 2.05) is 0 Å². The standard InChI is InChI=1S/C23H22Cl2F3N7O2/c1-11-6-18(23(26,27)28)35(33-11)4-5-37-17-8-12(24)7-15(25)19(17)20-14-9-34(22(36)30-13-2-3-13)10-16(14)31-21(29)32-20/h6-8,13H,2-5,9-10H2,1H3,(H,30,36)(H2,29,31,32). The molecule has 1 aliphatic carbocycles. The lowest BCUT2D eigenvalue weighted by Crippen LogP contribution is -2.37. The third-order valence-corrected chi connectivity index (χ3v) is 6.52. The van der Waals surface area contributed by atoms with E-state index in [4.69, 9.17) is 33.7 Å². The molecule has 1 aliphatic heterocycles. The highest BCUT2D eigenvalue weighted by Crippen LogP contribution is 2.42. The highest BCUT2D eigenvalue weighted by molar-refractivity contribution is 6.37. The van der Waals surface area contributed by atoms with Crippen LogP contribution in [-0.2, 0) is 25.8 Å². The number of nitrogen functional groups attached to an aromatic ring is 1. The molecular weight excluding hydrogens is 534 g/mol. The number of amides is 2. The van der Waals surface area contributed by atoms with Gasteiger partial charge in [0.25, 0.3) is 0 Å². The largest absolute Gasteiger partial charge is 0.491 e. The zero-order chi connectivity index (χ0) is 26.5. The summed E-state index contributed by atoms with van der Waals surface area (Å²) in [4.78, 5) is 22.9. The van der Waals surface area contributed by atoms with Crippen LogP contribution in [0.1, 0.15) is 35.5 Å². The van der Waals surface area contributed by atoms with Crippen molar-refractivity contribution in [1.82, 2.24) is 30.0 Å². The zero-order valence-corrected chi connectivity index (χ0v) is 21.1. The second-order valence-electron chi connectivity index (χ2n) is 8.94. The number of halogens is 5. The summed E-state index contributed by atoms with van der Waals surface area (Å²) in [7, 11) is 0. The lowest BCUT2D eigenvalue weighted by atomic mass is 10.0. The molecule has 14 heteroatoms. The fraction of sp³-hybridized carbons (Fsp3) is 0.391. The first-order valence-electron chi connectivity index (χ1n) is 11.4. The molecule has 5 rings (SSSR count). The van der Waals surface area contributed by atoms with E-state index in [0.717, 1.165) is 23.6 Å². The van der Waals surface area contributed by atoms with Crippen molar-refractivity contribution in [1.29, 1.82) is 0 Å². The topological polar surface area (TPSA) is 111 Å². The number of urea groups is 1. The van der Waals surface area contributed by atoms with Crippen LogP contribution in [0, 0.1) is 6.92 Å². The van der Waals surface area contributed by atoms with E-state index < -0.39 is 11.9 Å². The van der Waals surface area contributed by atoms with E-state index >= 15 is 0 Å². The summed E-state index contributed by atoms with van der Waals surface area (Å²) in [5.41, 5.74) is 7.29. The quantitative estimate of drug-likeness (QED) is 0.451. The van der Waals surface area contributed by atoms with Gasteiger partial charge in [0.2, 0.25) is 5.95 Å². The maximum Gasteiger partial charge on any atom is 0.433 e. The van der Waals surface area contributed by atoms with Crippen molar-refractivity contribution in [3.8, 4) is 17.0 Å². The minimum atomic E-state index is -4.55. The van der Waals surface area contributed by atoms with E-state index in [1.165, 1.54) is 19.1 Å². The van der Waals surface area contributed by atoms with Crippen LogP contribution in [0.15, 0.2) is 18.2 Å². The van der Waals surface area contributed by atoms with Crippen LogP contribution in [0.5, 0.6) is 5.75 Å². The maximum atomic E-state index is 13.3. The van der Waals surface area contributed by atoms with Crippen molar-refractivity contribution in [2.24, 2.45) is 0 Å². The Morgan fingerprint density at radius 1 is 1.22 bits per heavy atom. The number of aryl methyl sites for hydroxylation is 1. The van der Waals surface area contributed by atoms with E-state index in [-0.39, 0.29) is 65.8 Å². The van der Waals surface area contributed by atoms with Crippen LogP contribution in [0.3, 0.4) is 0 Å². The van der Waals surface area contributed by atoms with Crippen LogP contribution >= 0.6 is 23.2 Å². The Labute approximate surface area is 219 Å². The first kappa shape index (κ1) is 25.4. The van der Waals surface area contributed by atoms with Gasteiger partial charge in [-0.1, -0.05) is 23.2 Å². The monoisotopic (exact) mass is 555 g/mol. The van der Waals surface area contributed by atoms with Crippen molar-refractivity contribution in [2.45, 2.75) is 51.6 Å². The van der Waals surface area contributed by atoms with Gasteiger partial charge >= 0.3 is 12.2 Å². The van der Waals surface area contributed by atoms with Gasteiger partial charge in [-0.3, -0.25) is 4.68 Å². The molecule has 2 amide bonds. The number of ether oxygens (including phenoxy) is 1. The fourth-order valence-electron chi connectivity index (χ4n) is 4.20. The van der Waals surface area contributed by atoms with Crippen molar-refractivity contribution < 1.29 is 22.7 Å². The number of alkyl halides is 3. The van der Waals surface area contributed by atoms with Crippen molar-refractivity contribution >= 4 is 35.2 Å².